The van der Waals surface area contributed by atoms with Crippen molar-refractivity contribution in [3.63, 3.8) is 0 Å². The lowest BCUT2D eigenvalue weighted by Gasteiger charge is -2.39. The van der Waals surface area contributed by atoms with Crippen LogP contribution in [0.15, 0.2) is 18.3 Å². The van der Waals surface area contributed by atoms with E-state index in [2.05, 4.69) is 4.98 Å². The minimum Gasteiger partial charge on any atom is -0.384 e. The van der Waals surface area contributed by atoms with Gasteiger partial charge in [-0.25, -0.2) is 4.98 Å². The summed E-state index contributed by atoms with van der Waals surface area (Å²) in [5, 5.41) is 0. The molecular formula is C12H17N3O. The first-order valence-corrected chi connectivity index (χ1v) is 5.60. The first kappa shape index (κ1) is 11.1. The van der Waals surface area contributed by atoms with Crippen molar-refractivity contribution in [2.45, 2.75) is 25.7 Å². The van der Waals surface area contributed by atoms with E-state index in [0.717, 1.165) is 24.8 Å². The van der Waals surface area contributed by atoms with Crippen LogP contribution in [0.4, 0.5) is 5.82 Å². The molecule has 0 atom stereocenters. The third-order valence-corrected chi connectivity index (χ3v) is 3.50. The SMILES string of the molecule is NCC1(C(=O)Cc2ccnc(N)c2)CCC1. The van der Waals surface area contributed by atoms with Gasteiger partial charge in [-0.15, -0.1) is 0 Å². The van der Waals surface area contributed by atoms with Crippen molar-refractivity contribution < 1.29 is 4.79 Å². The lowest BCUT2D eigenvalue weighted by atomic mass is 9.65. The molecule has 0 bridgehead atoms. The molecule has 0 unspecified atom stereocenters. The zero-order valence-electron chi connectivity index (χ0n) is 9.28. The molecule has 0 saturated heterocycles. The van der Waals surface area contributed by atoms with Crippen LogP contribution in [0.25, 0.3) is 0 Å². The summed E-state index contributed by atoms with van der Waals surface area (Å²) >= 11 is 0. The van der Waals surface area contributed by atoms with Crippen LogP contribution >= 0.6 is 0 Å². The second-order valence-corrected chi connectivity index (χ2v) is 4.53. The molecule has 86 valence electrons. The van der Waals surface area contributed by atoms with Crippen LogP contribution in [-0.2, 0) is 11.2 Å². The van der Waals surface area contributed by atoms with E-state index in [0.29, 0.717) is 18.8 Å². The molecule has 1 aromatic rings. The van der Waals surface area contributed by atoms with Crippen LogP contribution in [0.1, 0.15) is 24.8 Å². The van der Waals surface area contributed by atoms with Crippen LogP contribution < -0.4 is 11.5 Å². The number of carbonyl (C=O) groups excluding carboxylic acids is 1. The topological polar surface area (TPSA) is 82.0 Å². The lowest BCUT2D eigenvalue weighted by molar-refractivity contribution is -0.132. The van der Waals surface area contributed by atoms with E-state index in [1.54, 1.807) is 12.3 Å². The van der Waals surface area contributed by atoms with Crippen molar-refractivity contribution in [3.8, 4) is 0 Å². The van der Waals surface area contributed by atoms with E-state index >= 15 is 0 Å². The molecule has 1 saturated carbocycles. The van der Waals surface area contributed by atoms with E-state index in [1.807, 2.05) is 6.07 Å². The van der Waals surface area contributed by atoms with Gasteiger partial charge in [0.25, 0.3) is 0 Å². The monoisotopic (exact) mass is 219 g/mol. The quantitative estimate of drug-likeness (QED) is 0.788. The molecule has 1 aliphatic carbocycles. The normalized spacial score (nSPS) is 17.8. The number of pyridine rings is 1. The number of hydrogen-bond acceptors (Lipinski definition) is 4. The van der Waals surface area contributed by atoms with Gasteiger partial charge in [0.2, 0.25) is 0 Å². The number of nitrogens with two attached hydrogens (primary N) is 2. The van der Waals surface area contributed by atoms with Gasteiger partial charge in [-0.2, -0.15) is 0 Å². The van der Waals surface area contributed by atoms with Crippen molar-refractivity contribution in [3.05, 3.63) is 23.9 Å². The predicted molar refractivity (Wildman–Crippen MR) is 62.7 cm³/mol. The molecule has 1 heterocycles. The molecule has 0 aromatic carbocycles. The highest BCUT2D eigenvalue weighted by Crippen LogP contribution is 2.41. The van der Waals surface area contributed by atoms with Crippen molar-refractivity contribution in [1.82, 2.24) is 4.98 Å². The summed E-state index contributed by atoms with van der Waals surface area (Å²) < 4.78 is 0. The number of anilines is 1. The summed E-state index contributed by atoms with van der Waals surface area (Å²) in [5.41, 5.74) is 11.9. The zero-order valence-corrected chi connectivity index (χ0v) is 9.28. The highest BCUT2D eigenvalue weighted by atomic mass is 16.1. The fraction of sp³-hybridized carbons (Fsp3) is 0.500. The van der Waals surface area contributed by atoms with Crippen LogP contribution in [0, 0.1) is 5.41 Å². The van der Waals surface area contributed by atoms with Crippen molar-refractivity contribution in [1.29, 1.82) is 0 Å². The summed E-state index contributed by atoms with van der Waals surface area (Å²) in [4.78, 5) is 16.0. The maximum absolute atomic E-state index is 12.1. The van der Waals surface area contributed by atoms with Crippen molar-refractivity contribution >= 4 is 11.6 Å². The molecule has 0 aliphatic heterocycles. The third kappa shape index (κ3) is 1.93. The Labute approximate surface area is 95.0 Å². The minimum absolute atomic E-state index is 0.242. The molecular weight excluding hydrogens is 202 g/mol. The van der Waals surface area contributed by atoms with Gasteiger partial charge in [0.1, 0.15) is 11.6 Å². The largest absolute Gasteiger partial charge is 0.384 e. The van der Waals surface area contributed by atoms with Gasteiger partial charge >= 0.3 is 0 Å². The summed E-state index contributed by atoms with van der Waals surface area (Å²) in [7, 11) is 0. The highest BCUT2D eigenvalue weighted by Gasteiger charge is 2.41. The number of carbonyl (C=O) groups is 1. The fourth-order valence-electron chi connectivity index (χ4n) is 2.18. The van der Waals surface area contributed by atoms with Gasteiger partial charge in [-0.05, 0) is 30.5 Å². The maximum atomic E-state index is 12.1. The van der Waals surface area contributed by atoms with Gasteiger partial charge in [-0.1, -0.05) is 6.42 Å². The third-order valence-electron chi connectivity index (χ3n) is 3.50. The standard InChI is InChI=1S/C12H17N3O/c13-8-12(3-1-4-12)10(16)6-9-2-5-15-11(14)7-9/h2,5,7H,1,3-4,6,8,13H2,(H2,14,15). The molecule has 2 rings (SSSR count). The van der Waals surface area contributed by atoms with E-state index < -0.39 is 0 Å². The number of aromatic nitrogens is 1. The first-order valence-electron chi connectivity index (χ1n) is 5.60. The number of ketones is 1. The Morgan fingerprint density at radius 1 is 1.50 bits per heavy atom. The second kappa shape index (κ2) is 4.22. The van der Waals surface area contributed by atoms with Crippen LogP contribution in [0.3, 0.4) is 0 Å². The summed E-state index contributed by atoms with van der Waals surface area (Å²) in [6.07, 6.45) is 5.03. The van der Waals surface area contributed by atoms with Gasteiger partial charge in [0.05, 0.1) is 0 Å². The average molecular weight is 219 g/mol. The molecule has 16 heavy (non-hydrogen) atoms. The average Bonchev–Trinajstić information content (AvgIpc) is 2.16. The van der Waals surface area contributed by atoms with E-state index in [9.17, 15) is 4.79 Å². The number of rotatable bonds is 4. The zero-order chi connectivity index (χ0) is 11.6. The second-order valence-electron chi connectivity index (χ2n) is 4.53. The number of nitrogen functional groups attached to an aromatic ring is 1. The Hall–Kier alpha value is -1.42. The number of hydrogen-bond donors (Lipinski definition) is 2. The predicted octanol–water partition coefficient (Wildman–Crippen LogP) is 0.904. The summed E-state index contributed by atoms with van der Waals surface area (Å²) in [5.74, 6) is 0.701. The molecule has 1 aromatic heterocycles. The Morgan fingerprint density at radius 2 is 2.25 bits per heavy atom. The molecule has 0 amide bonds. The Morgan fingerprint density at radius 3 is 2.75 bits per heavy atom. The highest BCUT2D eigenvalue weighted by molar-refractivity contribution is 5.88. The van der Waals surface area contributed by atoms with Gasteiger partial charge in [-0.3, -0.25) is 4.79 Å². The van der Waals surface area contributed by atoms with Crippen LogP contribution in [0.2, 0.25) is 0 Å². The Balaban J connectivity index is 2.07. The Bertz CT molecular complexity index is 393. The van der Waals surface area contributed by atoms with Gasteiger partial charge in [0.15, 0.2) is 0 Å². The van der Waals surface area contributed by atoms with Crippen molar-refractivity contribution in [2.24, 2.45) is 11.1 Å². The molecule has 4 nitrogen and oxygen atoms in total. The van der Waals surface area contributed by atoms with Crippen LogP contribution in [0.5, 0.6) is 0 Å². The van der Waals surface area contributed by atoms with Gasteiger partial charge < -0.3 is 11.5 Å². The smallest absolute Gasteiger partial charge is 0.144 e. The molecule has 0 spiro atoms. The fourth-order valence-corrected chi connectivity index (χ4v) is 2.18. The minimum atomic E-state index is -0.252. The summed E-state index contributed by atoms with van der Waals surface area (Å²) in [6, 6.07) is 3.58. The van der Waals surface area contributed by atoms with Crippen LogP contribution in [-0.4, -0.2) is 17.3 Å². The van der Waals surface area contributed by atoms with E-state index in [1.165, 1.54) is 0 Å². The Kier molecular flexibility index (Phi) is 2.92. The molecule has 4 N–H and O–H groups in total. The lowest BCUT2D eigenvalue weighted by Crippen LogP contribution is -2.45. The van der Waals surface area contributed by atoms with E-state index in [4.69, 9.17) is 11.5 Å². The number of Topliss-reactive ketones (excluding diaryl/α,β-unsaturated/α-hetero) is 1. The summed E-state index contributed by atoms with van der Waals surface area (Å²) in [6.45, 7) is 0.465. The maximum Gasteiger partial charge on any atom is 0.144 e. The molecule has 0 radical (unpaired) electrons. The first-order chi connectivity index (χ1) is 7.66. The molecule has 1 aliphatic rings. The number of nitrogens with zero attached hydrogens (tertiary/aromatic N) is 1. The molecule has 4 heteroatoms. The van der Waals surface area contributed by atoms with Crippen molar-refractivity contribution in [2.75, 3.05) is 12.3 Å². The van der Waals surface area contributed by atoms with E-state index in [-0.39, 0.29) is 11.2 Å². The van der Waals surface area contributed by atoms with Gasteiger partial charge in [0, 0.05) is 24.6 Å². The molecule has 1 fully saturated rings.